The van der Waals surface area contributed by atoms with Gasteiger partial charge < -0.3 is 4.42 Å². The summed E-state index contributed by atoms with van der Waals surface area (Å²) in [6.45, 7) is 1.73. The minimum absolute atomic E-state index is 0.00670. The molecule has 160 valence electrons. The van der Waals surface area contributed by atoms with Crippen LogP contribution >= 0.6 is 11.8 Å². The number of imide groups is 1. The number of sulfonamides is 1. The van der Waals surface area contributed by atoms with Crippen molar-refractivity contribution in [1.82, 2.24) is 15.0 Å². The van der Waals surface area contributed by atoms with Crippen LogP contribution in [0.2, 0.25) is 0 Å². The highest BCUT2D eigenvalue weighted by Gasteiger charge is 2.31. The molecule has 0 aliphatic carbocycles. The Balaban J connectivity index is 1.42. The van der Waals surface area contributed by atoms with Crippen LogP contribution in [0.5, 0.6) is 0 Å². The molecule has 4 rings (SSSR count). The summed E-state index contributed by atoms with van der Waals surface area (Å²) in [4.78, 5) is 27.4. The number of carbonyl (C=O) groups is 2. The van der Waals surface area contributed by atoms with Gasteiger partial charge in [-0.25, -0.2) is 18.1 Å². The van der Waals surface area contributed by atoms with E-state index < -0.39 is 15.3 Å². The van der Waals surface area contributed by atoms with Gasteiger partial charge in [-0.3, -0.25) is 14.9 Å². The van der Waals surface area contributed by atoms with E-state index in [0.717, 1.165) is 22.9 Å². The summed E-state index contributed by atoms with van der Waals surface area (Å²) in [5, 5.41) is 1.38. The van der Waals surface area contributed by atoms with E-state index in [9.17, 15) is 18.0 Å². The van der Waals surface area contributed by atoms with Gasteiger partial charge in [-0.15, -0.1) is 0 Å². The van der Waals surface area contributed by atoms with Gasteiger partial charge in [-0.1, -0.05) is 42.1 Å². The number of rotatable bonds is 7. The maximum absolute atomic E-state index is 12.7. The summed E-state index contributed by atoms with van der Waals surface area (Å²) in [5.41, 5.74) is 2.08. The lowest BCUT2D eigenvalue weighted by Gasteiger charge is -2.08. The molecule has 2 heterocycles. The molecule has 1 aromatic heterocycles. The van der Waals surface area contributed by atoms with Crippen molar-refractivity contribution >= 4 is 32.9 Å². The lowest BCUT2D eigenvalue weighted by Crippen LogP contribution is -2.25. The van der Waals surface area contributed by atoms with Gasteiger partial charge in [-0.05, 0) is 43.2 Å². The van der Waals surface area contributed by atoms with Gasteiger partial charge in [-0.2, -0.15) is 0 Å². The van der Waals surface area contributed by atoms with Crippen molar-refractivity contribution in [2.75, 3.05) is 0 Å². The number of oxazole rings is 1. The lowest BCUT2D eigenvalue weighted by molar-refractivity contribution is -0.118. The first-order valence-electron chi connectivity index (χ1n) is 9.43. The third-order valence-corrected chi connectivity index (χ3v) is 7.16. The monoisotopic (exact) mass is 457 g/mol. The lowest BCUT2D eigenvalue weighted by atomic mass is 10.1. The van der Waals surface area contributed by atoms with Crippen LogP contribution in [0.25, 0.3) is 11.5 Å². The molecule has 1 atom stereocenters. The molecular formula is C21H19N3O5S2. The van der Waals surface area contributed by atoms with Crippen molar-refractivity contribution in [2.24, 2.45) is 0 Å². The molecule has 0 saturated carbocycles. The predicted octanol–water partition coefficient (Wildman–Crippen LogP) is 3.02. The second-order valence-electron chi connectivity index (χ2n) is 6.94. The Hall–Kier alpha value is -2.95. The molecule has 1 fully saturated rings. The van der Waals surface area contributed by atoms with Crippen LogP contribution in [0.3, 0.4) is 0 Å². The Bertz CT molecular complexity index is 1220. The first-order valence-corrected chi connectivity index (χ1v) is 11.8. The van der Waals surface area contributed by atoms with Gasteiger partial charge in [0.2, 0.25) is 21.8 Å². The fraction of sp³-hybridized carbons (Fsp3) is 0.190. The summed E-state index contributed by atoms with van der Waals surface area (Å²) in [6.07, 6.45) is 0.344. The molecule has 0 spiro atoms. The number of nitrogens with zero attached hydrogens (tertiary/aromatic N) is 1. The van der Waals surface area contributed by atoms with E-state index in [4.69, 9.17) is 4.42 Å². The topological polar surface area (TPSA) is 118 Å². The molecule has 10 heteroatoms. The third kappa shape index (κ3) is 4.87. The zero-order valence-electron chi connectivity index (χ0n) is 16.5. The highest BCUT2D eigenvalue weighted by atomic mass is 32.2. The number of aromatic nitrogens is 1. The molecule has 8 nitrogen and oxygen atoms in total. The molecule has 1 unspecified atom stereocenters. The average molecular weight is 458 g/mol. The Kier molecular flexibility index (Phi) is 5.94. The van der Waals surface area contributed by atoms with Crippen LogP contribution < -0.4 is 10.0 Å². The molecule has 0 radical (unpaired) electrons. The summed E-state index contributed by atoms with van der Waals surface area (Å²) in [7, 11) is -3.76. The number of benzene rings is 2. The molecule has 1 aliphatic rings. The van der Waals surface area contributed by atoms with Crippen molar-refractivity contribution in [3.05, 3.63) is 71.6 Å². The van der Waals surface area contributed by atoms with E-state index >= 15 is 0 Å². The van der Waals surface area contributed by atoms with Crippen LogP contribution in [0.15, 0.2) is 63.9 Å². The number of thioether (sulfide) groups is 1. The van der Waals surface area contributed by atoms with Crippen LogP contribution in [-0.4, -0.2) is 29.8 Å². The van der Waals surface area contributed by atoms with E-state index in [-0.39, 0.29) is 22.6 Å². The van der Waals surface area contributed by atoms with E-state index in [2.05, 4.69) is 15.0 Å². The van der Waals surface area contributed by atoms with Gasteiger partial charge >= 0.3 is 0 Å². The van der Waals surface area contributed by atoms with Crippen LogP contribution in [0.1, 0.15) is 17.0 Å². The van der Waals surface area contributed by atoms with Crippen LogP contribution in [-0.2, 0) is 27.8 Å². The molecule has 31 heavy (non-hydrogen) atoms. The fourth-order valence-electron chi connectivity index (χ4n) is 3.09. The second kappa shape index (κ2) is 8.66. The Labute approximate surface area is 183 Å². The Morgan fingerprint density at radius 3 is 2.45 bits per heavy atom. The smallest absolute Gasteiger partial charge is 0.286 e. The fourth-order valence-corrected chi connectivity index (χ4v) is 4.94. The third-order valence-electron chi connectivity index (χ3n) is 4.76. The summed E-state index contributed by atoms with van der Waals surface area (Å²) < 4.78 is 33.5. The number of aryl methyl sites for hydroxylation is 1. The van der Waals surface area contributed by atoms with Gasteiger partial charge in [0, 0.05) is 5.56 Å². The quantitative estimate of drug-likeness (QED) is 0.560. The molecule has 2 amide bonds. The molecule has 3 aromatic rings. The van der Waals surface area contributed by atoms with Gasteiger partial charge in [0.25, 0.3) is 5.24 Å². The average Bonchev–Trinajstić information content (AvgIpc) is 3.28. The predicted molar refractivity (Wildman–Crippen MR) is 116 cm³/mol. The van der Waals surface area contributed by atoms with Crippen LogP contribution in [0, 0.1) is 6.92 Å². The Morgan fingerprint density at radius 2 is 1.81 bits per heavy atom. The Morgan fingerprint density at radius 1 is 1.10 bits per heavy atom. The number of nitrogens with one attached hydrogen (secondary N) is 2. The van der Waals surface area contributed by atoms with E-state index in [1.165, 1.54) is 12.1 Å². The van der Waals surface area contributed by atoms with Crippen molar-refractivity contribution in [3.8, 4) is 11.5 Å². The van der Waals surface area contributed by atoms with Crippen molar-refractivity contribution in [2.45, 2.75) is 30.0 Å². The van der Waals surface area contributed by atoms with Crippen LogP contribution in [0.4, 0.5) is 4.79 Å². The zero-order valence-corrected chi connectivity index (χ0v) is 18.1. The highest BCUT2D eigenvalue weighted by molar-refractivity contribution is 8.15. The molecule has 0 bridgehead atoms. The van der Waals surface area contributed by atoms with Gasteiger partial charge in [0.05, 0.1) is 22.4 Å². The normalized spacial score (nSPS) is 16.5. The largest absolute Gasteiger partial charge is 0.441 e. The van der Waals surface area contributed by atoms with Gasteiger partial charge in [0.1, 0.15) is 5.76 Å². The summed E-state index contributed by atoms with van der Waals surface area (Å²) >= 11 is 0.940. The number of hydrogen-bond donors (Lipinski definition) is 2. The van der Waals surface area contributed by atoms with E-state index in [0.29, 0.717) is 23.8 Å². The molecule has 1 saturated heterocycles. The van der Waals surface area contributed by atoms with Crippen molar-refractivity contribution < 1.29 is 22.4 Å². The first kappa shape index (κ1) is 21.3. The first-order chi connectivity index (χ1) is 14.8. The minimum Gasteiger partial charge on any atom is -0.441 e. The van der Waals surface area contributed by atoms with E-state index in [1.54, 1.807) is 19.1 Å². The number of hydrogen-bond acceptors (Lipinski definition) is 7. The van der Waals surface area contributed by atoms with Gasteiger partial charge in [0.15, 0.2) is 0 Å². The summed E-state index contributed by atoms with van der Waals surface area (Å²) in [6, 6.07) is 15.6. The second-order valence-corrected chi connectivity index (χ2v) is 9.89. The van der Waals surface area contributed by atoms with Crippen molar-refractivity contribution in [1.29, 1.82) is 0 Å². The number of carbonyl (C=O) groups excluding carboxylic acids is 2. The highest BCUT2D eigenvalue weighted by Crippen LogP contribution is 2.24. The standard InChI is InChI=1S/C21H19N3O5S2/c1-13-17(23-20(29-13)15-5-3-2-4-6-15)12-22-31(27,28)16-9-7-14(8-10-16)11-18-19(25)24-21(26)30-18/h2-10,18,22H,11-12H2,1H3,(H,24,25,26). The maximum atomic E-state index is 12.7. The maximum Gasteiger partial charge on any atom is 0.286 e. The molecule has 1 aliphatic heterocycles. The summed E-state index contributed by atoms with van der Waals surface area (Å²) in [5.74, 6) is 0.647. The minimum atomic E-state index is -3.76. The SMILES string of the molecule is Cc1oc(-c2ccccc2)nc1CNS(=O)(=O)c1ccc(CC2SC(=O)NC2=O)cc1. The van der Waals surface area contributed by atoms with E-state index in [1.807, 2.05) is 30.3 Å². The molecule has 2 aromatic carbocycles. The zero-order chi connectivity index (χ0) is 22.0. The van der Waals surface area contributed by atoms with Crippen molar-refractivity contribution in [3.63, 3.8) is 0 Å². The molecule has 2 N–H and O–H groups in total. The number of amides is 2. The molecular weight excluding hydrogens is 438 g/mol.